The molecule has 0 fully saturated rings. The van der Waals surface area contributed by atoms with Crippen molar-refractivity contribution in [1.29, 1.82) is 0 Å². The highest BCUT2D eigenvalue weighted by Gasteiger charge is 2.04. The van der Waals surface area contributed by atoms with E-state index in [0.29, 0.717) is 6.54 Å². The number of alkyl halides is 1. The minimum atomic E-state index is -0.298. The Kier molecular flexibility index (Phi) is 4.56. The van der Waals surface area contributed by atoms with Gasteiger partial charge < -0.3 is 5.32 Å². The van der Waals surface area contributed by atoms with Crippen molar-refractivity contribution in [3.05, 3.63) is 35.6 Å². The highest BCUT2D eigenvalue weighted by Crippen LogP contribution is 2.03. The number of halogens is 2. The van der Waals surface area contributed by atoms with Crippen LogP contribution in [0.5, 0.6) is 0 Å². The summed E-state index contributed by atoms with van der Waals surface area (Å²) in [7, 11) is 0. The monoisotopic (exact) mass is 229 g/mol. The molecule has 0 bridgehead atoms. The summed E-state index contributed by atoms with van der Waals surface area (Å²) in [6, 6.07) is 5.87. The van der Waals surface area contributed by atoms with E-state index in [1.807, 2.05) is 0 Å². The van der Waals surface area contributed by atoms with Gasteiger partial charge in [-0.3, -0.25) is 4.79 Å². The maximum absolute atomic E-state index is 12.6. The quantitative estimate of drug-likeness (QED) is 0.788. The van der Waals surface area contributed by atoms with Crippen LogP contribution < -0.4 is 5.32 Å². The smallest absolute Gasteiger partial charge is 0.224 e. The Balaban J connectivity index is 2.41. The maximum atomic E-state index is 12.6. The van der Waals surface area contributed by atoms with E-state index in [2.05, 4.69) is 5.32 Å². The first kappa shape index (κ1) is 12.0. The molecule has 2 nitrogen and oxygen atoms in total. The first-order chi connectivity index (χ1) is 7.08. The number of benzene rings is 1. The van der Waals surface area contributed by atoms with Crippen LogP contribution in [-0.2, 0) is 11.2 Å². The minimum Gasteiger partial charge on any atom is -0.354 e. The van der Waals surface area contributed by atoms with Crippen LogP contribution in [0.15, 0.2) is 24.3 Å². The molecule has 1 N–H and O–H groups in total. The molecule has 82 valence electrons. The van der Waals surface area contributed by atoms with Gasteiger partial charge in [0.15, 0.2) is 0 Å². The Hall–Kier alpha value is -1.09. The first-order valence-electron chi connectivity index (χ1n) is 4.73. The normalized spacial score (nSPS) is 12.2. The van der Waals surface area contributed by atoms with Crippen LogP contribution >= 0.6 is 11.6 Å². The molecule has 15 heavy (non-hydrogen) atoms. The number of carbonyl (C=O) groups excluding carboxylic acids is 1. The number of rotatable bonds is 4. The second-order valence-electron chi connectivity index (χ2n) is 3.39. The van der Waals surface area contributed by atoms with Crippen molar-refractivity contribution in [2.24, 2.45) is 0 Å². The third kappa shape index (κ3) is 4.79. The average molecular weight is 230 g/mol. The molecule has 1 amide bonds. The molecule has 0 heterocycles. The molecule has 0 radical (unpaired) electrons. The molecule has 0 saturated heterocycles. The van der Waals surface area contributed by atoms with Crippen LogP contribution in [0.4, 0.5) is 4.39 Å². The summed E-state index contributed by atoms with van der Waals surface area (Å²) < 4.78 is 12.6. The van der Waals surface area contributed by atoms with Gasteiger partial charge in [-0.2, -0.15) is 0 Å². The van der Waals surface area contributed by atoms with Crippen molar-refractivity contribution in [2.75, 3.05) is 6.54 Å². The van der Waals surface area contributed by atoms with Gasteiger partial charge in [0.05, 0.1) is 6.42 Å². The molecule has 0 aromatic heterocycles. The standard InChI is InChI=1S/C11H13ClFNO/c1-8(12)7-14-11(15)6-9-2-4-10(13)5-3-9/h2-5,8H,6-7H2,1H3,(H,14,15). The van der Waals surface area contributed by atoms with E-state index in [1.165, 1.54) is 12.1 Å². The molecule has 0 saturated carbocycles. The average Bonchev–Trinajstić information content (AvgIpc) is 2.19. The largest absolute Gasteiger partial charge is 0.354 e. The highest BCUT2D eigenvalue weighted by atomic mass is 35.5. The van der Waals surface area contributed by atoms with Crippen molar-refractivity contribution in [3.8, 4) is 0 Å². The van der Waals surface area contributed by atoms with Crippen molar-refractivity contribution >= 4 is 17.5 Å². The van der Waals surface area contributed by atoms with Crippen LogP contribution in [0.3, 0.4) is 0 Å². The topological polar surface area (TPSA) is 29.1 Å². The van der Waals surface area contributed by atoms with Crippen molar-refractivity contribution in [2.45, 2.75) is 18.7 Å². The van der Waals surface area contributed by atoms with E-state index >= 15 is 0 Å². The molecule has 1 aromatic carbocycles. The molecular weight excluding hydrogens is 217 g/mol. The molecule has 1 aromatic rings. The van der Waals surface area contributed by atoms with Gasteiger partial charge in [0.25, 0.3) is 0 Å². The minimum absolute atomic E-state index is 0.0813. The van der Waals surface area contributed by atoms with E-state index in [-0.39, 0.29) is 23.5 Å². The van der Waals surface area contributed by atoms with Crippen LogP contribution in [0.1, 0.15) is 12.5 Å². The van der Waals surface area contributed by atoms with Crippen molar-refractivity contribution in [3.63, 3.8) is 0 Å². The Labute approximate surface area is 93.4 Å². The van der Waals surface area contributed by atoms with Gasteiger partial charge in [0.2, 0.25) is 5.91 Å². The third-order valence-corrected chi connectivity index (χ3v) is 2.01. The number of nitrogens with one attached hydrogen (secondary N) is 1. The number of hydrogen-bond donors (Lipinski definition) is 1. The van der Waals surface area contributed by atoms with Crippen molar-refractivity contribution in [1.82, 2.24) is 5.32 Å². The lowest BCUT2D eigenvalue weighted by atomic mass is 10.1. The molecule has 1 atom stereocenters. The second-order valence-corrected chi connectivity index (χ2v) is 4.13. The molecule has 0 spiro atoms. The Morgan fingerprint density at radius 2 is 2.07 bits per heavy atom. The van der Waals surface area contributed by atoms with E-state index in [9.17, 15) is 9.18 Å². The van der Waals surface area contributed by atoms with Gasteiger partial charge in [-0.15, -0.1) is 11.6 Å². The summed E-state index contributed by atoms with van der Waals surface area (Å²) >= 11 is 5.68. The number of amides is 1. The Bertz CT molecular complexity index is 324. The van der Waals surface area contributed by atoms with Gasteiger partial charge in [-0.25, -0.2) is 4.39 Å². The number of carbonyl (C=O) groups is 1. The van der Waals surface area contributed by atoms with Gasteiger partial charge >= 0.3 is 0 Å². The lowest BCUT2D eigenvalue weighted by molar-refractivity contribution is -0.120. The zero-order chi connectivity index (χ0) is 11.3. The predicted octanol–water partition coefficient (Wildman–Crippen LogP) is 2.11. The summed E-state index contributed by atoms with van der Waals surface area (Å²) in [6.07, 6.45) is 0.254. The summed E-state index contributed by atoms with van der Waals surface area (Å²) in [5.74, 6) is -0.400. The Morgan fingerprint density at radius 1 is 1.47 bits per heavy atom. The molecule has 1 rings (SSSR count). The zero-order valence-corrected chi connectivity index (χ0v) is 9.22. The molecular formula is C11H13ClFNO. The molecule has 0 aliphatic carbocycles. The fourth-order valence-corrected chi connectivity index (χ4v) is 1.18. The summed E-state index contributed by atoms with van der Waals surface area (Å²) in [5, 5.41) is 2.60. The third-order valence-electron chi connectivity index (χ3n) is 1.86. The summed E-state index contributed by atoms with van der Waals surface area (Å²) in [5.41, 5.74) is 0.788. The van der Waals surface area contributed by atoms with E-state index < -0.39 is 0 Å². The van der Waals surface area contributed by atoms with E-state index in [4.69, 9.17) is 11.6 Å². The second kappa shape index (κ2) is 5.71. The highest BCUT2D eigenvalue weighted by molar-refractivity contribution is 6.20. The molecule has 4 heteroatoms. The van der Waals surface area contributed by atoms with E-state index in [0.717, 1.165) is 5.56 Å². The number of hydrogen-bond acceptors (Lipinski definition) is 1. The predicted molar refractivity (Wildman–Crippen MR) is 58.4 cm³/mol. The summed E-state index contributed by atoms with van der Waals surface area (Å²) in [4.78, 5) is 11.3. The van der Waals surface area contributed by atoms with Gasteiger partial charge in [0.1, 0.15) is 5.82 Å². The summed E-state index contributed by atoms with van der Waals surface area (Å²) in [6.45, 7) is 2.25. The molecule has 0 aliphatic heterocycles. The zero-order valence-electron chi connectivity index (χ0n) is 8.47. The van der Waals surface area contributed by atoms with Gasteiger partial charge in [-0.05, 0) is 24.6 Å². The molecule has 0 aliphatic rings. The lowest BCUT2D eigenvalue weighted by Gasteiger charge is -2.06. The van der Waals surface area contributed by atoms with Crippen LogP contribution in [-0.4, -0.2) is 17.8 Å². The van der Waals surface area contributed by atoms with Gasteiger partial charge in [0, 0.05) is 11.9 Å². The van der Waals surface area contributed by atoms with Crippen molar-refractivity contribution < 1.29 is 9.18 Å². The van der Waals surface area contributed by atoms with Crippen LogP contribution in [0.2, 0.25) is 0 Å². The molecule has 1 unspecified atom stereocenters. The fourth-order valence-electron chi connectivity index (χ4n) is 1.10. The first-order valence-corrected chi connectivity index (χ1v) is 5.17. The Morgan fingerprint density at radius 3 is 2.60 bits per heavy atom. The van der Waals surface area contributed by atoms with Crippen LogP contribution in [0.25, 0.3) is 0 Å². The SMILES string of the molecule is CC(Cl)CNC(=O)Cc1ccc(F)cc1. The fraction of sp³-hybridized carbons (Fsp3) is 0.364. The van der Waals surface area contributed by atoms with Crippen LogP contribution in [0, 0.1) is 5.82 Å². The maximum Gasteiger partial charge on any atom is 0.224 e. The van der Waals surface area contributed by atoms with E-state index in [1.54, 1.807) is 19.1 Å². The lowest BCUT2D eigenvalue weighted by Crippen LogP contribution is -2.29. The van der Waals surface area contributed by atoms with Gasteiger partial charge in [-0.1, -0.05) is 12.1 Å².